The molecule has 0 bridgehead atoms. The molecule has 2 aliphatic rings. The van der Waals surface area contributed by atoms with Crippen LogP contribution < -0.4 is 10.6 Å². The Morgan fingerprint density at radius 1 is 1.29 bits per heavy atom. The van der Waals surface area contributed by atoms with Crippen molar-refractivity contribution in [3.63, 3.8) is 0 Å². The van der Waals surface area contributed by atoms with Crippen molar-refractivity contribution >= 4 is 11.5 Å². The molecule has 0 amide bonds. The average molecular weight is 388 g/mol. The van der Waals surface area contributed by atoms with E-state index in [-0.39, 0.29) is 32.0 Å². The third kappa shape index (κ3) is 5.90. The van der Waals surface area contributed by atoms with E-state index in [1.807, 2.05) is 4.90 Å². The van der Waals surface area contributed by atoms with Crippen molar-refractivity contribution in [1.29, 1.82) is 5.41 Å². The molecule has 3 rings (SSSR count). The van der Waals surface area contributed by atoms with Crippen LogP contribution >= 0.6 is 0 Å². The fraction of sp³-hybridized carbons (Fsp3) is 0.429. The van der Waals surface area contributed by atoms with Crippen LogP contribution in [0.3, 0.4) is 0 Å². The molecule has 5 nitrogen and oxygen atoms in total. The standard InChI is InChI=1S/C21H26F2N4O/c1-15(24)2-3-17(28-18-4-5-18)6-7-19(25)16-8-11-26-20(14-16)27-12-9-21(22,23)10-13-27/h2-3,6-8,11,14,18,25H,4-5,9-10,12-13,24H2,1H3/b7-6+,15-2+,17-3+,25-19?. The van der Waals surface area contributed by atoms with Crippen LogP contribution in [0.1, 0.15) is 38.2 Å². The summed E-state index contributed by atoms with van der Waals surface area (Å²) in [7, 11) is 0. The molecular formula is C21H26F2N4O. The third-order valence-electron chi connectivity index (χ3n) is 4.63. The maximum atomic E-state index is 13.4. The van der Waals surface area contributed by atoms with Gasteiger partial charge >= 0.3 is 0 Å². The van der Waals surface area contributed by atoms with Crippen LogP contribution in [0.25, 0.3) is 0 Å². The molecule has 0 aromatic carbocycles. The lowest BCUT2D eigenvalue weighted by Crippen LogP contribution is -2.39. The Hall–Kier alpha value is -2.70. The summed E-state index contributed by atoms with van der Waals surface area (Å²) in [5, 5.41) is 8.34. The zero-order valence-electron chi connectivity index (χ0n) is 16.0. The maximum Gasteiger partial charge on any atom is 0.251 e. The number of pyridine rings is 1. The van der Waals surface area contributed by atoms with Crippen LogP contribution in [0.2, 0.25) is 0 Å². The minimum Gasteiger partial charge on any atom is -0.490 e. The van der Waals surface area contributed by atoms with Crippen molar-refractivity contribution in [1.82, 2.24) is 4.98 Å². The fourth-order valence-corrected chi connectivity index (χ4v) is 2.81. The molecule has 1 saturated heterocycles. The van der Waals surface area contributed by atoms with Gasteiger partial charge in [-0.1, -0.05) is 0 Å². The highest BCUT2D eigenvalue weighted by molar-refractivity contribution is 6.07. The van der Waals surface area contributed by atoms with Gasteiger partial charge in [-0.25, -0.2) is 13.8 Å². The first kappa shape index (κ1) is 20.0. The molecule has 1 saturated carbocycles. The molecule has 7 heteroatoms. The number of nitrogens with zero attached hydrogens (tertiary/aromatic N) is 2. The van der Waals surface area contributed by atoms with Crippen molar-refractivity contribution in [2.45, 2.75) is 44.6 Å². The minimum absolute atomic E-state index is 0.170. The third-order valence-corrected chi connectivity index (χ3v) is 4.63. The summed E-state index contributed by atoms with van der Waals surface area (Å²) in [5.74, 6) is -1.31. The van der Waals surface area contributed by atoms with Gasteiger partial charge in [0.1, 0.15) is 11.6 Å². The number of hydrogen-bond donors (Lipinski definition) is 2. The van der Waals surface area contributed by atoms with Gasteiger partial charge in [-0.05, 0) is 56.2 Å². The highest BCUT2D eigenvalue weighted by atomic mass is 19.3. The van der Waals surface area contributed by atoms with Gasteiger partial charge in [0.25, 0.3) is 5.92 Å². The molecule has 0 spiro atoms. The lowest BCUT2D eigenvalue weighted by atomic mass is 10.1. The second-order valence-electron chi connectivity index (χ2n) is 7.29. The number of alkyl halides is 2. The lowest BCUT2D eigenvalue weighted by Gasteiger charge is -2.32. The van der Waals surface area contributed by atoms with Crippen LogP contribution in [-0.4, -0.2) is 35.8 Å². The van der Waals surface area contributed by atoms with Gasteiger partial charge in [0.15, 0.2) is 0 Å². The highest BCUT2D eigenvalue weighted by Gasteiger charge is 2.34. The number of ether oxygens (including phenoxy) is 1. The van der Waals surface area contributed by atoms with Gasteiger partial charge in [0.2, 0.25) is 0 Å². The zero-order chi connectivity index (χ0) is 20.1. The summed E-state index contributed by atoms with van der Waals surface area (Å²) in [6, 6.07) is 3.51. The Balaban J connectivity index is 1.68. The molecular weight excluding hydrogens is 362 g/mol. The number of nitrogens with two attached hydrogens (primary N) is 1. The lowest BCUT2D eigenvalue weighted by molar-refractivity contribution is -0.0221. The van der Waals surface area contributed by atoms with E-state index in [9.17, 15) is 8.78 Å². The molecule has 1 aliphatic carbocycles. The Bertz CT molecular complexity index is 798. The summed E-state index contributed by atoms with van der Waals surface area (Å²) in [4.78, 5) is 6.13. The number of hydrogen-bond acceptors (Lipinski definition) is 5. The van der Waals surface area contributed by atoms with Crippen molar-refractivity contribution in [2.75, 3.05) is 18.0 Å². The van der Waals surface area contributed by atoms with Crippen LogP contribution in [-0.2, 0) is 4.74 Å². The van der Waals surface area contributed by atoms with E-state index in [1.54, 1.807) is 49.6 Å². The van der Waals surface area contributed by atoms with Gasteiger partial charge in [0, 0.05) is 43.4 Å². The second kappa shape index (κ2) is 8.54. The minimum atomic E-state index is -2.59. The maximum absolute atomic E-state index is 13.4. The molecule has 0 unspecified atom stereocenters. The van der Waals surface area contributed by atoms with Gasteiger partial charge < -0.3 is 20.8 Å². The molecule has 1 aromatic rings. The quantitative estimate of drug-likeness (QED) is 0.418. The van der Waals surface area contributed by atoms with Crippen LogP contribution in [0, 0.1) is 5.41 Å². The fourth-order valence-electron chi connectivity index (χ4n) is 2.81. The van der Waals surface area contributed by atoms with E-state index >= 15 is 0 Å². The predicted molar refractivity (Wildman–Crippen MR) is 107 cm³/mol. The Kier molecular flexibility index (Phi) is 6.11. The molecule has 28 heavy (non-hydrogen) atoms. The predicted octanol–water partition coefficient (Wildman–Crippen LogP) is 4.17. The van der Waals surface area contributed by atoms with Gasteiger partial charge in [-0.3, -0.25) is 0 Å². The number of nitrogens with one attached hydrogen (secondary N) is 1. The molecule has 3 N–H and O–H groups in total. The monoisotopic (exact) mass is 388 g/mol. The summed E-state index contributed by atoms with van der Waals surface area (Å²) in [6.45, 7) is 2.32. The highest BCUT2D eigenvalue weighted by Crippen LogP contribution is 2.30. The number of halogens is 2. The number of piperidine rings is 1. The Morgan fingerprint density at radius 3 is 2.64 bits per heavy atom. The van der Waals surface area contributed by atoms with Crippen LogP contribution in [0.4, 0.5) is 14.6 Å². The zero-order valence-corrected chi connectivity index (χ0v) is 16.0. The summed E-state index contributed by atoms with van der Waals surface area (Å²) in [6.07, 6.45) is 10.6. The Labute approximate surface area is 164 Å². The van der Waals surface area contributed by atoms with Crippen molar-refractivity contribution < 1.29 is 13.5 Å². The summed E-state index contributed by atoms with van der Waals surface area (Å²) < 4.78 is 32.6. The van der Waals surface area contributed by atoms with Gasteiger partial charge in [0.05, 0.1) is 11.8 Å². The largest absolute Gasteiger partial charge is 0.490 e. The van der Waals surface area contributed by atoms with E-state index in [0.29, 0.717) is 28.5 Å². The molecule has 1 aromatic heterocycles. The summed E-state index contributed by atoms with van der Waals surface area (Å²) >= 11 is 0. The Morgan fingerprint density at radius 2 is 2.00 bits per heavy atom. The van der Waals surface area contributed by atoms with Gasteiger partial charge in [-0.2, -0.15) is 0 Å². The second-order valence-corrected chi connectivity index (χ2v) is 7.29. The first-order valence-electron chi connectivity index (χ1n) is 9.49. The number of anilines is 1. The molecule has 1 aliphatic heterocycles. The number of allylic oxidation sites excluding steroid dienone is 5. The van der Waals surface area contributed by atoms with Crippen LogP contribution in [0.15, 0.2) is 54.1 Å². The molecule has 0 atom stereocenters. The average Bonchev–Trinajstić information content (AvgIpc) is 3.47. The van der Waals surface area contributed by atoms with E-state index in [2.05, 4.69) is 4.98 Å². The van der Waals surface area contributed by atoms with E-state index in [4.69, 9.17) is 15.9 Å². The summed E-state index contributed by atoms with van der Waals surface area (Å²) in [5.41, 5.74) is 7.32. The number of rotatable bonds is 7. The normalized spacial score (nSPS) is 20.5. The molecule has 0 radical (unpaired) electrons. The van der Waals surface area contributed by atoms with Crippen molar-refractivity contribution in [3.05, 3.63) is 59.7 Å². The first-order chi connectivity index (χ1) is 13.3. The van der Waals surface area contributed by atoms with Crippen LogP contribution in [0.5, 0.6) is 0 Å². The van der Waals surface area contributed by atoms with E-state index in [1.165, 1.54) is 0 Å². The SMILES string of the molecule is C\C(N)=C/C=C(\C=C\C(=N)c1ccnc(N2CCC(F)(F)CC2)c1)OC1CC1. The molecule has 150 valence electrons. The van der Waals surface area contributed by atoms with Crippen molar-refractivity contribution in [2.24, 2.45) is 5.73 Å². The number of aromatic nitrogens is 1. The van der Waals surface area contributed by atoms with E-state index in [0.717, 1.165) is 12.8 Å². The van der Waals surface area contributed by atoms with Gasteiger partial charge in [-0.15, -0.1) is 0 Å². The first-order valence-corrected chi connectivity index (χ1v) is 9.49. The molecule has 2 heterocycles. The van der Waals surface area contributed by atoms with E-state index < -0.39 is 5.92 Å². The smallest absolute Gasteiger partial charge is 0.251 e. The molecule has 2 fully saturated rings. The topological polar surface area (TPSA) is 75.2 Å². The van der Waals surface area contributed by atoms with Crippen molar-refractivity contribution in [3.8, 4) is 0 Å².